The maximum atomic E-state index is 4.59. The van der Waals surface area contributed by atoms with Crippen molar-refractivity contribution in [2.75, 3.05) is 7.05 Å². The fourth-order valence-corrected chi connectivity index (χ4v) is 2.71. The highest BCUT2D eigenvalue weighted by Crippen LogP contribution is 2.27. The molecule has 0 unspecified atom stereocenters. The molecular weight excluding hydrogens is 250 g/mol. The zero-order valence-corrected chi connectivity index (χ0v) is 12.3. The molecule has 0 aliphatic carbocycles. The van der Waals surface area contributed by atoms with Gasteiger partial charge in [0, 0.05) is 26.2 Å². The molecular formula is C15H19N5. The smallest absolute Gasteiger partial charge is 0.0955 e. The number of aromatic nitrogens is 4. The molecule has 5 heteroatoms. The Balaban J connectivity index is 2.15. The average molecular weight is 269 g/mol. The molecule has 0 radical (unpaired) electrons. The number of imidazole rings is 1. The third-order valence-electron chi connectivity index (χ3n) is 3.73. The summed E-state index contributed by atoms with van der Waals surface area (Å²) >= 11 is 0. The van der Waals surface area contributed by atoms with E-state index in [1.807, 2.05) is 36.7 Å². The number of benzene rings is 1. The summed E-state index contributed by atoms with van der Waals surface area (Å²) < 4.78 is 3.98. The van der Waals surface area contributed by atoms with Crippen LogP contribution in [-0.2, 0) is 20.6 Å². The molecule has 104 valence electrons. The fourth-order valence-electron chi connectivity index (χ4n) is 2.71. The fraction of sp³-hybridized carbons (Fsp3) is 0.333. The van der Waals surface area contributed by atoms with Gasteiger partial charge in [-0.2, -0.15) is 5.10 Å². The summed E-state index contributed by atoms with van der Waals surface area (Å²) in [7, 11) is 5.94. The molecule has 1 N–H and O–H groups in total. The Kier molecular flexibility index (Phi) is 3.06. The summed E-state index contributed by atoms with van der Waals surface area (Å²) in [6.45, 7) is 2.91. The number of nitrogens with zero attached hydrogens (tertiary/aromatic N) is 4. The van der Waals surface area contributed by atoms with Crippen LogP contribution in [0.3, 0.4) is 0 Å². The Labute approximate surface area is 118 Å². The van der Waals surface area contributed by atoms with E-state index in [0.29, 0.717) is 0 Å². The highest BCUT2D eigenvalue weighted by molar-refractivity contribution is 5.82. The van der Waals surface area contributed by atoms with Gasteiger partial charge in [-0.15, -0.1) is 0 Å². The molecule has 0 saturated heterocycles. The lowest BCUT2D eigenvalue weighted by Gasteiger charge is -2.04. The van der Waals surface area contributed by atoms with E-state index >= 15 is 0 Å². The molecule has 20 heavy (non-hydrogen) atoms. The van der Waals surface area contributed by atoms with Gasteiger partial charge in [0.05, 0.1) is 28.7 Å². The van der Waals surface area contributed by atoms with Crippen LogP contribution in [0.2, 0.25) is 0 Å². The molecule has 0 bridgehead atoms. The van der Waals surface area contributed by atoms with Crippen molar-refractivity contribution in [3.8, 4) is 11.3 Å². The van der Waals surface area contributed by atoms with E-state index in [1.54, 1.807) is 0 Å². The molecule has 0 spiro atoms. The van der Waals surface area contributed by atoms with E-state index in [9.17, 15) is 0 Å². The predicted octanol–water partition coefficient (Wildman–Crippen LogP) is 2.00. The standard InChI is InChI=1S/C15H19N5/c1-10-13(8-16-2)18-20(4)15(10)11-5-6-14-12(7-11)17-9-19(14)3/h5-7,9,16H,8H2,1-4H3. The molecule has 3 rings (SSSR count). The maximum Gasteiger partial charge on any atom is 0.0955 e. The molecule has 0 saturated carbocycles. The van der Waals surface area contributed by atoms with Crippen LogP contribution in [0.25, 0.3) is 22.3 Å². The molecule has 0 fully saturated rings. The Morgan fingerprint density at radius 1 is 1.25 bits per heavy atom. The molecule has 5 nitrogen and oxygen atoms in total. The van der Waals surface area contributed by atoms with Gasteiger partial charge < -0.3 is 9.88 Å². The van der Waals surface area contributed by atoms with Gasteiger partial charge in [0.25, 0.3) is 0 Å². The monoisotopic (exact) mass is 269 g/mol. The molecule has 0 aliphatic rings. The van der Waals surface area contributed by atoms with Gasteiger partial charge in [-0.25, -0.2) is 4.98 Å². The first-order valence-corrected chi connectivity index (χ1v) is 6.70. The van der Waals surface area contributed by atoms with Crippen molar-refractivity contribution in [1.82, 2.24) is 24.6 Å². The maximum absolute atomic E-state index is 4.59. The zero-order valence-electron chi connectivity index (χ0n) is 12.3. The molecule has 0 amide bonds. The second-order valence-electron chi connectivity index (χ2n) is 5.13. The Morgan fingerprint density at radius 2 is 2.05 bits per heavy atom. The molecule has 0 atom stereocenters. The summed E-state index contributed by atoms with van der Waals surface area (Å²) in [6, 6.07) is 6.38. The Hall–Kier alpha value is -2.14. The van der Waals surface area contributed by atoms with Crippen molar-refractivity contribution in [2.45, 2.75) is 13.5 Å². The van der Waals surface area contributed by atoms with Crippen molar-refractivity contribution in [2.24, 2.45) is 14.1 Å². The van der Waals surface area contributed by atoms with Crippen LogP contribution < -0.4 is 5.32 Å². The van der Waals surface area contributed by atoms with Crippen molar-refractivity contribution < 1.29 is 0 Å². The van der Waals surface area contributed by atoms with Crippen LogP contribution in [-0.4, -0.2) is 26.4 Å². The van der Waals surface area contributed by atoms with Gasteiger partial charge in [-0.05, 0) is 31.7 Å². The molecule has 0 aliphatic heterocycles. The summed E-state index contributed by atoms with van der Waals surface area (Å²) in [5.74, 6) is 0. The number of fused-ring (bicyclic) bond motifs is 1. The number of rotatable bonds is 3. The van der Waals surface area contributed by atoms with E-state index in [-0.39, 0.29) is 0 Å². The summed E-state index contributed by atoms with van der Waals surface area (Å²) in [4.78, 5) is 4.43. The summed E-state index contributed by atoms with van der Waals surface area (Å²) in [5.41, 5.74) is 6.78. The third kappa shape index (κ3) is 1.91. The second kappa shape index (κ2) is 4.76. The first-order chi connectivity index (χ1) is 9.61. The van der Waals surface area contributed by atoms with Gasteiger partial charge in [0.2, 0.25) is 0 Å². The highest BCUT2D eigenvalue weighted by Gasteiger charge is 2.14. The van der Waals surface area contributed by atoms with Gasteiger partial charge >= 0.3 is 0 Å². The second-order valence-corrected chi connectivity index (χ2v) is 5.13. The van der Waals surface area contributed by atoms with E-state index in [1.165, 1.54) is 5.56 Å². The topological polar surface area (TPSA) is 47.7 Å². The van der Waals surface area contributed by atoms with Crippen LogP contribution in [0.5, 0.6) is 0 Å². The van der Waals surface area contributed by atoms with Crippen LogP contribution in [0.1, 0.15) is 11.3 Å². The van der Waals surface area contributed by atoms with Gasteiger partial charge in [0.1, 0.15) is 0 Å². The number of hydrogen-bond acceptors (Lipinski definition) is 3. The molecule has 3 aromatic rings. The lowest BCUT2D eigenvalue weighted by atomic mass is 10.1. The minimum atomic E-state index is 0.783. The van der Waals surface area contributed by atoms with Crippen molar-refractivity contribution in [1.29, 1.82) is 0 Å². The van der Waals surface area contributed by atoms with Crippen LogP contribution >= 0.6 is 0 Å². The van der Waals surface area contributed by atoms with Crippen LogP contribution in [0, 0.1) is 6.92 Å². The Morgan fingerprint density at radius 3 is 2.80 bits per heavy atom. The lowest BCUT2D eigenvalue weighted by molar-refractivity contribution is 0.715. The molecule has 2 aromatic heterocycles. The first kappa shape index (κ1) is 12.9. The summed E-state index contributed by atoms with van der Waals surface area (Å²) in [5, 5.41) is 7.75. The third-order valence-corrected chi connectivity index (χ3v) is 3.73. The van der Waals surface area contributed by atoms with E-state index in [0.717, 1.165) is 34.5 Å². The minimum Gasteiger partial charge on any atom is -0.334 e. The van der Waals surface area contributed by atoms with E-state index in [4.69, 9.17) is 0 Å². The van der Waals surface area contributed by atoms with Crippen molar-refractivity contribution >= 4 is 11.0 Å². The lowest BCUT2D eigenvalue weighted by Crippen LogP contribution is -2.06. The number of aryl methyl sites for hydroxylation is 2. The zero-order chi connectivity index (χ0) is 14.3. The van der Waals surface area contributed by atoms with E-state index in [2.05, 4.69) is 40.5 Å². The quantitative estimate of drug-likeness (QED) is 0.791. The summed E-state index contributed by atoms with van der Waals surface area (Å²) in [6.07, 6.45) is 1.84. The SMILES string of the molecule is CNCc1nn(C)c(-c2ccc3c(c2)ncn3C)c1C. The van der Waals surface area contributed by atoms with Gasteiger partial charge in [-0.1, -0.05) is 6.07 Å². The van der Waals surface area contributed by atoms with Crippen molar-refractivity contribution in [3.63, 3.8) is 0 Å². The molecule has 2 heterocycles. The first-order valence-electron chi connectivity index (χ1n) is 6.70. The number of nitrogens with one attached hydrogen (secondary N) is 1. The Bertz CT molecular complexity index is 766. The van der Waals surface area contributed by atoms with Gasteiger partial charge in [-0.3, -0.25) is 4.68 Å². The largest absolute Gasteiger partial charge is 0.334 e. The normalized spacial score (nSPS) is 11.4. The van der Waals surface area contributed by atoms with Crippen LogP contribution in [0.4, 0.5) is 0 Å². The highest BCUT2D eigenvalue weighted by atomic mass is 15.3. The molecule has 1 aromatic carbocycles. The number of hydrogen-bond donors (Lipinski definition) is 1. The predicted molar refractivity (Wildman–Crippen MR) is 80.4 cm³/mol. The average Bonchev–Trinajstić information content (AvgIpc) is 2.92. The van der Waals surface area contributed by atoms with Crippen LogP contribution in [0.15, 0.2) is 24.5 Å². The van der Waals surface area contributed by atoms with E-state index < -0.39 is 0 Å². The minimum absolute atomic E-state index is 0.783. The van der Waals surface area contributed by atoms with Gasteiger partial charge in [0.15, 0.2) is 0 Å². The van der Waals surface area contributed by atoms with Crippen molar-refractivity contribution in [3.05, 3.63) is 35.8 Å².